The molecule has 2 aromatic rings. The van der Waals surface area contributed by atoms with E-state index in [9.17, 15) is 4.79 Å². The molecule has 1 heterocycles. The van der Waals surface area contributed by atoms with E-state index in [1.165, 1.54) is 11.8 Å². The molecule has 0 saturated carbocycles. The highest BCUT2D eigenvalue weighted by Gasteiger charge is 2.04. The monoisotopic (exact) mass is 289 g/mol. The van der Waals surface area contributed by atoms with E-state index < -0.39 is 0 Å². The van der Waals surface area contributed by atoms with Crippen molar-refractivity contribution >= 4 is 17.7 Å². The van der Waals surface area contributed by atoms with Crippen LogP contribution in [0, 0.1) is 0 Å². The molecule has 4 nitrogen and oxygen atoms in total. The Morgan fingerprint density at radius 1 is 1.05 bits per heavy atom. The molecular weight excluding hydrogens is 274 g/mol. The van der Waals surface area contributed by atoms with Crippen LogP contribution in [0.3, 0.4) is 0 Å². The Balaban J connectivity index is 1.59. The number of hydrogen-bond acceptors (Lipinski definition) is 5. The van der Waals surface area contributed by atoms with Gasteiger partial charge in [0.05, 0.1) is 5.75 Å². The van der Waals surface area contributed by atoms with Gasteiger partial charge in [-0.05, 0) is 24.3 Å². The fraction of sp³-hybridized carbons (Fsp3) is 0.200. The standard InChI is InChI=1S/C15H15NO3S/c17-15(12-20-14-6-8-16-9-7-14)19-11-10-18-13-4-2-1-3-5-13/h1-9H,10-12H2. The van der Waals surface area contributed by atoms with Gasteiger partial charge in [-0.3, -0.25) is 9.78 Å². The molecule has 5 heteroatoms. The number of carbonyl (C=O) groups excluding carboxylic acids is 1. The summed E-state index contributed by atoms with van der Waals surface area (Å²) in [4.78, 5) is 16.4. The van der Waals surface area contributed by atoms with Gasteiger partial charge in [0.1, 0.15) is 19.0 Å². The summed E-state index contributed by atoms with van der Waals surface area (Å²) in [5.41, 5.74) is 0. The molecule has 104 valence electrons. The number of pyridine rings is 1. The Morgan fingerprint density at radius 3 is 2.55 bits per heavy atom. The molecule has 0 radical (unpaired) electrons. The van der Waals surface area contributed by atoms with Gasteiger partial charge in [0.2, 0.25) is 0 Å². The second kappa shape index (κ2) is 8.22. The lowest BCUT2D eigenvalue weighted by molar-refractivity contribution is -0.141. The van der Waals surface area contributed by atoms with Crippen molar-refractivity contribution in [1.29, 1.82) is 0 Å². The smallest absolute Gasteiger partial charge is 0.316 e. The summed E-state index contributed by atoms with van der Waals surface area (Å²) in [6.45, 7) is 0.611. The second-order valence-corrected chi connectivity index (χ2v) is 4.90. The van der Waals surface area contributed by atoms with Gasteiger partial charge in [-0.25, -0.2) is 0 Å². The Labute approximate surface area is 122 Å². The van der Waals surface area contributed by atoms with Crippen LogP contribution in [0.2, 0.25) is 0 Å². The van der Waals surface area contributed by atoms with Crippen LogP contribution in [0.5, 0.6) is 5.75 Å². The zero-order valence-corrected chi connectivity index (χ0v) is 11.7. The van der Waals surface area contributed by atoms with Crippen LogP contribution in [0.15, 0.2) is 59.8 Å². The first-order chi connectivity index (χ1) is 9.84. The van der Waals surface area contributed by atoms with E-state index in [1.54, 1.807) is 12.4 Å². The van der Waals surface area contributed by atoms with Crippen LogP contribution in [-0.4, -0.2) is 29.9 Å². The van der Waals surface area contributed by atoms with Crippen LogP contribution in [0.1, 0.15) is 0 Å². The van der Waals surface area contributed by atoms with Crippen LogP contribution >= 0.6 is 11.8 Å². The molecule has 0 atom stereocenters. The predicted molar refractivity (Wildman–Crippen MR) is 77.9 cm³/mol. The van der Waals surface area contributed by atoms with Gasteiger partial charge < -0.3 is 9.47 Å². The second-order valence-electron chi connectivity index (χ2n) is 3.85. The maximum Gasteiger partial charge on any atom is 0.316 e. The zero-order valence-electron chi connectivity index (χ0n) is 10.9. The number of benzene rings is 1. The van der Waals surface area contributed by atoms with E-state index in [-0.39, 0.29) is 18.3 Å². The minimum Gasteiger partial charge on any atom is -0.490 e. The summed E-state index contributed by atoms with van der Waals surface area (Å²) in [6.07, 6.45) is 3.39. The lowest BCUT2D eigenvalue weighted by atomic mass is 10.3. The maximum atomic E-state index is 11.5. The Morgan fingerprint density at radius 2 is 1.80 bits per heavy atom. The summed E-state index contributed by atoms with van der Waals surface area (Å²) in [5.74, 6) is 0.813. The molecule has 0 bridgehead atoms. The number of thioether (sulfide) groups is 1. The van der Waals surface area contributed by atoms with Gasteiger partial charge >= 0.3 is 5.97 Å². The van der Waals surface area contributed by atoms with E-state index in [4.69, 9.17) is 9.47 Å². The molecule has 0 N–H and O–H groups in total. The van der Waals surface area contributed by atoms with Crippen molar-refractivity contribution in [1.82, 2.24) is 4.98 Å². The first-order valence-corrected chi connectivity index (χ1v) is 7.19. The van der Waals surface area contributed by atoms with Crippen molar-refractivity contribution in [3.63, 3.8) is 0 Å². The fourth-order valence-corrected chi connectivity index (χ4v) is 2.13. The average Bonchev–Trinajstić information content (AvgIpc) is 2.52. The van der Waals surface area contributed by atoms with Crippen molar-refractivity contribution in [2.75, 3.05) is 19.0 Å². The number of hydrogen-bond donors (Lipinski definition) is 0. The minimum atomic E-state index is -0.247. The highest BCUT2D eigenvalue weighted by Crippen LogP contribution is 2.16. The van der Waals surface area contributed by atoms with E-state index in [2.05, 4.69) is 4.98 Å². The first-order valence-electron chi connectivity index (χ1n) is 6.21. The third kappa shape index (κ3) is 5.32. The molecule has 0 aliphatic rings. The predicted octanol–water partition coefficient (Wildman–Crippen LogP) is 2.80. The number of esters is 1. The third-order valence-electron chi connectivity index (χ3n) is 2.36. The zero-order chi connectivity index (χ0) is 14.0. The van der Waals surface area contributed by atoms with Crippen molar-refractivity contribution in [2.24, 2.45) is 0 Å². The summed E-state index contributed by atoms with van der Waals surface area (Å²) < 4.78 is 10.5. The normalized spacial score (nSPS) is 10.0. The molecule has 0 amide bonds. The first kappa shape index (κ1) is 14.4. The Kier molecular flexibility index (Phi) is 5.92. The molecular formula is C15H15NO3S. The summed E-state index contributed by atoms with van der Waals surface area (Å²) in [6, 6.07) is 13.2. The van der Waals surface area contributed by atoms with E-state index in [0.29, 0.717) is 6.61 Å². The van der Waals surface area contributed by atoms with Crippen molar-refractivity contribution in [2.45, 2.75) is 4.90 Å². The molecule has 2 rings (SSSR count). The number of para-hydroxylation sites is 1. The summed E-state index contributed by atoms with van der Waals surface area (Å²) >= 11 is 1.43. The van der Waals surface area contributed by atoms with Gasteiger partial charge in [0.25, 0.3) is 0 Å². The maximum absolute atomic E-state index is 11.5. The Hall–Kier alpha value is -2.01. The highest BCUT2D eigenvalue weighted by molar-refractivity contribution is 8.00. The quantitative estimate of drug-likeness (QED) is 0.445. The minimum absolute atomic E-state index is 0.247. The number of ether oxygens (including phenoxy) is 2. The van der Waals surface area contributed by atoms with Crippen molar-refractivity contribution in [3.05, 3.63) is 54.9 Å². The summed E-state index contributed by atoms with van der Waals surface area (Å²) in [5, 5.41) is 0. The van der Waals surface area contributed by atoms with Crippen LogP contribution in [-0.2, 0) is 9.53 Å². The van der Waals surface area contributed by atoms with E-state index >= 15 is 0 Å². The van der Waals surface area contributed by atoms with Crippen molar-refractivity contribution < 1.29 is 14.3 Å². The molecule has 20 heavy (non-hydrogen) atoms. The van der Waals surface area contributed by atoms with Gasteiger partial charge in [0, 0.05) is 17.3 Å². The molecule has 0 aliphatic carbocycles. The van der Waals surface area contributed by atoms with Gasteiger partial charge in [-0.2, -0.15) is 0 Å². The molecule has 0 aliphatic heterocycles. The molecule has 0 unspecified atom stereocenters. The topological polar surface area (TPSA) is 48.4 Å². The number of nitrogens with zero attached hydrogens (tertiary/aromatic N) is 1. The number of carbonyl (C=O) groups is 1. The largest absolute Gasteiger partial charge is 0.490 e. The average molecular weight is 289 g/mol. The lowest BCUT2D eigenvalue weighted by Gasteiger charge is -2.07. The van der Waals surface area contributed by atoms with Gasteiger partial charge in [0.15, 0.2) is 0 Å². The molecule has 0 spiro atoms. The van der Waals surface area contributed by atoms with Crippen LogP contribution in [0.25, 0.3) is 0 Å². The fourth-order valence-electron chi connectivity index (χ4n) is 1.45. The summed E-state index contributed by atoms with van der Waals surface area (Å²) in [7, 11) is 0. The van der Waals surface area contributed by atoms with Crippen molar-refractivity contribution in [3.8, 4) is 5.75 Å². The number of aromatic nitrogens is 1. The molecule has 0 saturated heterocycles. The van der Waals surface area contributed by atoms with E-state index in [0.717, 1.165) is 10.6 Å². The van der Waals surface area contributed by atoms with E-state index in [1.807, 2.05) is 42.5 Å². The SMILES string of the molecule is O=C(CSc1ccncc1)OCCOc1ccccc1. The molecule has 1 aromatic heterocycles. The van der Waals surface area contributed by atoms with Gasteiger partial charge in [-0.15, -0.1) is 11.8 Å². The lowest BCUT2D eigenvalue weighted by Crippen LogP contribution is -2.13. The van der Waals surface area contributed by atoms with Crippen LogP contribution in [0.4, 0.5) is 0 Å². The highest BCUT2D eigenvalue weighted by atomic mass is 32.2. The molecule has 1 aromatic carbocycles. The third-order valence-corrected chi connectivity index (χ3v) is 3.35. The molecule has 0 fully saturated rings. The number of rotatable bonds is 7. The van der Waals surface area contributed by atoms with Gasteiger partial charge in [-0.1, -0.05) is 18.2 Å². The Bertz CT molecular complexity index is 519. The van der Waals surface area contributed by atoms with Crippen LogP contribution < -0.4 is 4.74 Å².